The normalized spacial score (nSPS) is 12.3. The largest absolute Gasteiger partial charge is 0.433 e. The van der Waals surface area contributed by atoms with E-state index in [1.54, 1.807) is 0 Å². The van der Waals surface area contributed by atoms with E-state index in [1.807, 2.05) is 0 Å². The monoisotopic (exact) mass is 245 g/mol. The number of aryl methyl sites for hydroxylation is 1. The maximum atomic E-state index is 12.3. The molecule has 1 rings (SSSR count). The van der Waals surface area contributed by atoms with E-state index in [1.165, 1.54) is 0 Å². The summed E-state index contributed by atoms with van der Waals surface area (Å²) in [6.45, 7) is 1.05. The Morgan fingerprint density at radius 2 is 1.87 bits per heavy atom. The maximum Gasteiger partial charge on any atom is 0.433 e. The molecular weight excluding hydrogens is 241 g/mol. The zero-order chi connectivity index (χ0) is 11.8. The van der Waals surface area contributed by atoms with Gasteiger partial charge in [0.2, 0.25) is 0 Å². The Morgan fingerprint density at radius 1 is 1.33 bits per heavy atom. The number of pyridine rings is 1. The molecule has 1 aromatic rings. The van der Waals surface area contributed by atoms with Crippen LogP contribution < -0.4 is 0 Å². The summed E-state index contributed by atoms with van der Waals surface area (Å²) >= 11 is 5.21. The van der Waals surface area contributed by atoms with E-state index in [-0.39, 0.29) is 5.56 Å². The molecule has 1 nitrogen and oxygen atoms in total. The van der Waals surface area contributed by atoms with Gasteiger partial charge in [0, 0.05) is 0 Å². The zero-order valence-electron chi connectivity index (χ0n) is 7.37. The van der Waals surface area contributed by atoms with E-state index < -0.39 is 29.0 Å². The minimum Gasteiger partial charge on any atom is -0.231 e. The van der Waals surface area contributed by atoms with Crippen molar-refractivity contribution in [3.63, 3.8) is 0 Å². The molecule has 15 heavy (non-hydrogen) atoms. The van der Waals surface area contributed by atoms with Gasteiger partial charge >= 0.3 is 6.18 Å². The molecule has 0 bridgehead atoms. The van der Waals surface area contributed by atoms with Gasteiger partial charge in [0.15, 0.2) is 0 Å². The number of rotatable bonds is 1. The summed E-state index contributed by atoms with van der Waals surface area (Å²) in [5.74, 6) is 0. The highest BCUT2D eigenvalue weighted by Crippen LogP contribution is 2.34. The number of nitrogens with zero attached hydrogens (tertiary/aromatic N) is 1. The van der Waals surface area contributed by atoms with Gasteiger partial charge in [0.1, 0.15) is 10.8 Å². The van der Waals surface area contributed by atoms with Crippen LogP contribution in [0.1, 0.15) is 23.2 Å². The standard InChI is InChI=1S/C8H5ClF5N/c1-3-2-4(7(10)11)6(9)15-5(3)8(12,13)14/h2,7H,1H3. The molecule has 0 fully saturated rings. The van der Waals surface area contributed by atoms with Crippen LogP contribution >= 0.6 is 11.6 Å². The van der Waals surface area contributed by atoms with Crippen LogP contribution in [0, 0.1) is 6.92 Å². The molecule has 0 saturated heterocycles. The molecule has 0 aromatic carbocycles. The summed E-state index contributed by atoms with van der Waals surface area (Å²) in [5.41, 5.74) is -2.30. The first-order valence-electron chi connectivity index (χ1n) is 3.76. The van der Waals surface area contributed by atoms with Gasteiger partial charge in [-0.25, -0.2) is 13.8 Å². The third-order valence-corrected chi connectivity index (χ3v) is 2.00. The highest BCUT2D eigenvalue weighted by atomic mass is 35.5. The molecule has 0 aliphatic carbocycles. The Balaban J connectivity index is 3.32. The molecule has 1 heterocycles. The highest BCUT2D eigenvalue weighted by molar-refractivity contribution is 6.30. The maximum absolute atomic E-state index is 12.3. The summed E-state index contributed by atoms with van der Waals surface area (Å²) in [6, 6.07) is 0.697. The molecular formula is C8H5ClF5N. The first-order chi connectivity index (χ1) is 6.73. The highest BCUT2D eigenvalue weighted by Gasteiger charge is 2.35. The Morgan fingerprint density at radius 3 is 2.27 bits per heavy atom. The van der Waals surface area contributed by atoms with Crippen molar-refractivity contribution in [1.82, 2.24) is 4.98 Å². The van der Waals surface area contributed by atoms with Crippen LogP contribution in [0.25, 0.3) is 0 Å². The molecule has 1 aromatic heterocycles. The van der Waals surface area contributed by atoms with E-state index in [4.69, 9.17) is 11.6 Å². The fraction of sp³-hybridized carbons (Fsp3) is 0.375. The molecule has 0 radical (unpaired) electrons. The van der Waals surface area contributed by atoms with Crippen molar-refractivity contribution in [1.29, 1.82) is 0 Å². The van der Waals surface area contributed by atoms with E-state index in [0.717, 1.165) is 6.92 Å². The Labute approximate surface area is 86.9 Å². The van der Waals surface area contributed by atoms with Crippen molar-refractivity contribution in [2.75, 3.05) is 0 Å². The molecule has 0 spiro atoms. The van der Waals surface area contributed by atoms with Crippen molar-refractivity contribution in [2.45, 2.75) is 19.5 Å². The molecule has 0 saturated carbocycles. The van der Waals surface area contributed by atoms with Gasteiger partial charge in [0.25, 0.3) is 6.43 Å². The average Bonchev–Trinajstić information content (AvgIpc) is 2.06. The predicted molar refractivity (Wildman–Crippen MR) is 43.9 cm³/mol. The van der Waals surface area contributed by atoms with Crippen LogP contribution in [0.4, 0.5) is 22.0 Å². The Bertz CT molecular complexity index is 374. The van der Waals surface area contributed by atoms with Gasteiger partial charge in [0.05, 0.1) is 5.56 Å². The summed E-state index contributed by atoms with van der Waals surface area (Å²) in [7, 11) is 0. The second-order valence-corrected chi connectivity index (χ2v) is 3.19. The van der Waals surface area contributed by atoms with Crippen LogP contribution in [-0.2, 0) is 6.18 Å². The number of alkyl halides is 5. The Hall–Kier alpha value is -0.910. The topological polar surface area (TPSA) is 12.9 Å². The molecule has 0 N–H and O–H groups in total. The molecule has 0 aliphatic heterocycles. The zero-order valence-corrected chi connectivity index (χ0v) is 8.13. The van der Waals surface area contributed by atoms with Crippen LogP contribution in [0.3, 0.4) is 0 Å². The SMILES string of the molecule is Cc1cc(C(F)F)c(Cl)nc1C(F)(F)F. The lowest BCUT2D eigenvalue weighted by Crippen LogP contribution is -2.11. The van der Waals surface area contributed by atoms with E-state index in [2.05, 4.69) is 4.98 Å². The van der Waals surface area contributed by atoms with Gasteiger partial charge in [-0.2, -0.15) is 13.2 Å². The first-order valence-corrected chi connectivity index (χ1v) is 4.13. The summed E-state index contributed by atoms with van der Waals surface area (Å²) < 4.78 is 61.2. The lowest BCUT2D eigenvalue weighted by atomic mass is 10.1. The molecule has 84 valence electrons. The van der Waals surface area contributed by atoms with Crippen LogP contribution in [-0.4, -0.2) is 4.98 Å². The van der Waals surface area contributed by atoms with Crippen molar-refractivity contribution in [3.05, 3.63) is 28.0 Å². The number of aromatic nitrogens is 1. The summed E-state index contributed by atoms with van der Waals surface area (Å²) in [6.07, 6.45) is -7.63. The lowest BCUT2D eigenvalue weighted by molar-refractivity contribution is -0.141. The number of halogens is 6. The number of hydrogen-bond acceptors (Lipinski definition) is 1. The number of hydrogen-bond donors (Lipinski definition) is 0. The third-order valence-electron chi connectivity index (χ3n) is 1.70. The second-order valence-electron chi connectivity index (χ2n) is 2.83. The molecule has 0 amide bonds. The third kappa shape index (κ3) is 2.56. The van der Waals surface area contributed by atoms with Crippen LogP contribution in [0.15, 0.2) is 6.07 Å². The average molecular weight is 246 g/mol. The smallest absolute Gasteiger partial charge is 0.231 e. The van der Waals surface area contributed by atoms with Gasteiger partial charge in [-0.3, -0.25) is 0 Å². The van der Waals surface area contributed by atoms with Gasteiger partial charge in [-0.1, -0.05) is 11.6 Å². The molecule has 7 heteroatoms. The minimum atomic E-state index is -4.69. The molecule has 0 aliphatic rings. The first kappa shape index (κ1) is 12.2. The van der Waals surface area contributed by atoms with Gasteiger partial charge < -0.3 is 0 Å². The minimum absolute atomic E-state index is 0.373. The lowest BCUT2D eigenvalue weighted by Gasteiger charge is -2.11. The fourth-order valence-corrected chi connectivity index (χ4v) is 1.27. The second kappa shape index (κ2) is 3.92. The van der Waals surface area contributed by atoms with Gasteiger partial charge in [-0.15, -0.1) is 0 Å². The van der Waals surface area contributed by atoms with Crippen LogP contribution in [0.5, 0.6) is 0 Å². The fourth-order valence-electron chi connectivity index (χ4n) is 1.05. The van der Waals surface area contributed by atoms with E-state index in [0.29, 0.717) is 6.07 Å². The summed E-state index contributed by atoms with van der Waals surface area (Å²) in [4.78, 5) is 2.93. The molecule has 0 unspecified atom stereocenters. The predicted octanol–water partition coefficient (Wildman–Crippen LogP) is 4.00. The van der Waals surface area contributed by atoms with Gasteiger partial charge in [-0.05, 0) is 18.6 Å². The summed E-state index contributed by atoms with van der Waals surface area (Å²) in [5, 5.41) is -0.817. The Kier molecular flexibility index (Phi) is 3.18. The molecule has 0 atom stereocenters. The van der Waals surface area contributed by atoms with E-state index >= 15 is 0 Å². The van der Waals surface area contributed by atoms with E-state index in [9.17, 15) is 22.0 Å². The quantitative estimate of drug-likeness (QED) is 0.538. The van der Waals surface area contributed by atoms with Crippen molar-refractivity contribution < 1.29 is 22.0 Å². The van der Waals surface area contributed by atoms with Crippen molar-refractivity contribution in [3.8, 4) is 0 Å². The van der Waals surface area contributed by atoms with Crippen molar-refractivity contribution >= 4 is 11.6 Å². The van der Waals surface area contributed by atoms with Crippen LogP contribution in [0.2, 0.25) is 5.15 Å². The van der Waals surface area contributed by atoms with Crippen molar-refractivity contribution in [2.24, 2.45) is 0 Å².